The molecular formula is C21H34O7. The Morgan fingerprint density at radius 1 is 1.04 bits per heavy atom. The highest BCUT2D eigenvalue weighted by Gasteiger charge is 2.82. The van der Waals surface area contributed by atoms with Crippen molar-refractivity contribution in [2.45, 2.75) is 101 Å². The molecule has 0 heterocycles. The van der Waals surface area contributed by atoms with Gasteiger partial charge in [0, 0.05) is 5.92 Å². The first-order valence-electron chi connectivity index (χ1n) is 10.4. The van der Waals surface area contributed by atoms with Gasteiger partial charge in [-0.2, -0.15) is 0 Å². The molecule has 3 saturated carbocycles. The number of rotatable bonds is 1. The molecule has 0 unspecified atom stereocenters. The van der Waals surface area contributed by atoms with Crippen LogP contribution >= 0.6 is 0 Å². The molecule has 0 spiro atoms. The molecule has 4 aliphatic rings. The molecule has 0 aromatic carbocycles. The quantitative estimate of drug-likeness (QED) is 0.298. The molecule has 7 nitrogen and oxygen atoms in total. The maximum atomic E-state index is 11.9. The Kier molecular flexibility index (Phi) is 4.28. The minimum atomic E-state index is -1.89. The van der Waals surface area contributed by atoms with Crippen molar-refractivity contribution in [3.05, 3.63) is 11.6 Å². The van der Waals surface area contributed by atoms with Crippen LogP contribution in [0.5, 0.6) is 0 Å². The molecule has 160 valence electrons. The number of hydrogen-bond donors (Lipinski definition) is 7. The predicted octanol–water partition coefficient (Wildman–Crippen LogP) is -0.407. The SMILES string of the molecule is C[C@H](O)[C@]1(O)CC[C@@]2(O)[C@]1(C)[C@H](O)[C@@H](O)[C@H]1[C@@]3(C)CC[C@H](O)CC3=CC[C@]12O. The van der Waals surface area contributed by atoms with E-state index < -0.39 is 58.0 Å². The number of aliphatic hydroxyl groups is 7. The van der Waals surface area contributed by atoms with Gasteiger partial charge >= 0.3 is 0 Å². The smallest absolute Gasteiger partial charge is 0.105 e. The van der Waals surface area contributed by atoms with Gasteiger partial charge in [0.05, 0.1) is 29.8 Å². The third-order valence-electron chi connectivity index (χ3n) is 9.34. The van der Waals surface area contributed by atoms with Gasteiger partial charge in [-0.15, -0.1) is 0 Å². The van der Waals surface area contributed by atoms with Crippen LogP contribution in [0.25, 0.3) is 0 Å². The fourth-order valence-corrected chi connectivity index (χ4v) is 7.49. The first-order chi connectivity index (χ1) is 12.8. The fraction of sp³-hybridized carbons (Fsp3) is 0.905. The molecule has 4 rings (SSSR count). The second kappa shape index (κ2) is 5.78. The topological polar surface area (TPSA) is 142 Å². The van der Waals surface area contributed by atoms with Crippen molar-refractivity contribution in [3.8, 4) is 0 Å². The Labute approximate surface area is 165 Å². The van der Waals surface area contributed by atoms with E-state index in [9.17, 15) is 35.7 Å². The van der Waals surface area contributed by atoms with Gasteiger partial charge in [0.2, 0.25) is 0 Å². The van der Waals surface area contributed by atoms with Crippen molar-refractivity contribution < 1.29 is 35.7 Å². The van der Waals surface area contributed by atoms with Gasteiger partial charge in [-0.05, 0) is 50.9 Å². The zero-order valence-electron chi connectivity index (χ0n) is 16.8. The molecule has 0 aromatic rings. The maximum absolute atomic E-state index is 11.9. The summed E-state index contributed by atoms with van der Waals surface area (Å²) in [5.41, 5.74) is -6.99. The molecule has 0 radical (unpaired) electrons. The van der Waals surface area contributed by atoms with Crippen LogP contribution in [-0.2, 0) is 0 Å². The fourth-order valence-electron chi connectivity index (χ4n) is 7.49. The molecule has 0 bridgehead atoms. The molecule has 10 atom stereocenters. The van der Waals surface area contributed by atoms with Crippen LogP contribution in [0.2, 0.25) is 0 Å². The molecule has 0 aromatic heterocycles. The van der Waals surface area contributed by atoms with Gasteiger partial charge < -0.3 is 35.7 Å². The van der Waals surface area contributed by atoms with Gasteiger partial charge in [-0.1, -0.05) is 25.5 Å². The Hall–Kier alpha value is -0.540. The Bertz CT molecular complexity index is 709. The van der Waals surface area contributed by atoms with E-state index in [1.165, 1.54) is 13.8 Å². The van der Waals surface area contributed by atoms with Crippen molar-refractivity contribution in [3.63, 3.8) is 0 Å². The lowest BCUT2D eigenvalue weighted by Gasteiger charge is -2.68. The summed E-state index contributed by atoms with van der Waals surface area (Å²) in [5, 5.41) is 77.9. The molecule has 4 aliphatic carbocycles. The van der Waals surface area contributed by atoms with Crippen molar-refractivity contribution in [1.29, 1.82) is 0 Å². The summed E-state index contributed by atoms with van der Waals surface area (Å²) >= 11 is 0. The normalized spacial score (nSPS) is 59.7. The van der Waals surface area contributed by atoms with Crippen LogP contribution < -0.4 is 0 Å². The van der Waals surface area contributed by atoms with E-state index in [-0.39, 0.29) is 19.3 Å². The summed E-state index contributed by atoms with van der Waals surface area (Å²) in [7, 11) is 0. The first-order valence-corrected chi connectivity index (χ1v) is 10.4. The van der Waals surface area contributed by atoms with Gasteiger partial charge in [0.15, 0.2) is 0 Å². The Morgan fingerprint density at radius 2 is 1.68 bits per heavy atom. The molecule has 3 fully saturated rings. The molecule has 0 amide bonds. The second-order valence-corrected chi connectivity index (χ2v) is 10.2. The monoisotopic (exact) mass is 398 g/mol. The van der Waals surface area contributed by atoms with E-state index in [0.29, 0.717) is 19.3 Å². The maximum Gasteiger partial charge on any atom is 0.105 e. The summed E-state index contributed by atoms with van der Waals surface area (Å²) in [5.74, 6) is -0.850. The van der Waals surface area contributed by atoms with Gasteiger partial charge in [0.1, 0.15) is 16.8 Å². The van der Waals surface area contributed by atoms with Crippen LogP contribution in [-0.4, -0.2) is 77.0 Å². The first kappa shape index (κ1) is 20.7. The average Bonchev–Trinajstić information content (AvgIpc) is 2.85. The zero-order chi connectivity index (χ0) is 20.9. The predicted molar refractivity (Wildman–Crippen MR) is 100 cm³/mol. The van der Waals surface area contributed by atoms with Crippen LogP contribution in [0.1, 0.15) is 59.3 Å². The standard InChI is InChI=1S/C21H34O7/c1-11(22)19(26)8-9-21(28)18(19,3)16(25)14(24)15-17(2)6-5-13(23)10-12(17)4-7-20(15,21)27/h4,11,13-16,22-28H,5-10H2,1-3H3/t11-,13-,14-,15-,16+,17-,18+,19+,20-,21+/m0/s1. The largest absolute Gasteiger partial charge is 0.393 e. The van der Waals surface area contributed by atoms with E-state index in [4.69, 9.17) is 0 Å². The van der Waals surface area contributed by atoms with Crippen molar-refractivity contribution >= 4 is 0 Å². The van der Waals surface area contributed by atoms with Gasteiger partial charge in [-0.25, -0.2) is 0 Å². The molecule has 7 N–H and O–H groups in total. The second-order valence-electron chi connectivity index (χ2n) is 10.2. The van der Waals surface area contributed by atoms with Crippen LogP contribution in [0.3, 0.4) is 0 Å². The summed E-state index contributed by atoms with van der Waals surface area (Å²) in [6, 6.07) is 0. The van der Waals surface area contributed by atoms with E-state index >= 15 is 0 Å². The van der Waals surface area contributed by atoms with E-state index in [1.807, 2.05) is 13.0 Å². The van der Waals surface area contributed by atoms with Gasteiger partial charge in [0.25, 0.3) is 0 Å². The van der Waals surface area contributed by atoms with Crippen LogP contribution in [0.4, 0.5) is 0 Å². The number of fused-ring (bicyclic) bond motifs is 5. The van der Waals surface area contributed by atoms with E-state index in [0.717, 1.165) is 5.57 Å². The van der Waals surface area contributed by atoms with Crippen molar-refractivity contribution in [1.82, 2.24) is 0 Å². The highest BCUT2D eigenvalue weighted by molar-refractivity contribution is 5.37. The van der Waals surface area contributed by atoms with Crippen molar-refractivity contribution in [2.24, 2.45) is 16.7 Å². The average molecular weight is 398 g/mol. The van der Waals surface area contributed by atoms with E-state index in [1.54, 1.807) is 0 Å². The molecular weight excluding hydrogens is 364 g/mol. The molecule has 28 heavy (non-hydrogen) atoms. The van der Waals surface area contributed by atoms with E-state index in [2.05, 4.69) is 0 Å². The van der Waals surface area contributed by atoms with Crippen LogP contribution in [0, 0.1) is 16.7 Å². The lowest BCUT2D eigenvalue weighted by atomic mass is 9.41. The highest BCUT2D eigenvalue weighted by Crippen LogP contribution is 2.70. The summed E-state index contributed by atoms with van der Waals surface area (Å²) in [4.78, 5) is 0. The minimum Gasteiger partial charge on any atom is -0.393 e. The molecule has 0 aliphatic heterocycles. The lowest BCUT2D eigenvalue weighted by Crippen LogP contribution is -2.82. The number of aliphatic hydroxyl groups excluding tert-OH is 4. The molecule has 7 heteroatoms. The van der Waals surface area contributed by atoms with Gasteiger partial charge in [-0.3, -0.25) is 0 Å². The zero-order valence-corrected chi connectivity index (χ0v) is 16.8. The third-order valence-corrected chi connectivity index (χ3v) is 9.34. The third kappa shape index (κ3) is 1.99. The Balaban J connectivity index is 1.91. The van der Waals surface area contributed by atoms with Crippen LogP contribution in [0.15, 0.2) is 11.6 Å². The summed E-state index contributed by atoms with van der Waals surface area (Å²) < 4.78 is 0. The summed E-state index contributed by atoms with van der Waals surface area (Å²) in [6.45, 7) is 4.77. The van der Waals surface area contributed by atoms with Crippen molar-refractivity contribution in [2.75, 3.05) is 0 Å². The molecule has 0 saturated heterocycles. The Morgan fingerprint density at radius 3 is 2.29 bits per heavy atom. The lowest BCUT2D eigenvalue weighted by molar-refractivity contribution is -0.350. The minimum absolute atomic E-state index is 0.00246. The highest BCUT2D eigenvalue weighted by atomic mass is 16.4. The number of hydrogen-bond acceptors (Lipinski definition) is 7. The summed E-state index contributed by atoms with van der Waals surface area (Å²) in [6.07, 6.45) is -1.29.